The van der Waals surface area contributed by atoms with Gasteiger partial charge in [-0.1, -0.05) is 13.0 Å². The zero-order valence-electron chi connectivity index (χ0n) is 17.3. The van der Waals surface area contributed by atoms with Gasteiger partial charge in [-0.25, -0.2) is 0 Å². The number of amides is 3. The first-order valence-electron chi connectivity index (χ1n) is 9.56. The van der Waals surface area contributed by atoms with Crippen molar-refractivity contribution in [1.82, 2.24) is 10.2 Å². The van der Waals surface area contributed by atoms with Crippen LogP contribution >= 0.6 is 0 Å². The Balaban J connectivity index is 1.90. The van der Waals surface area contributed by atoms with E-state index >= 15 is 0 Å². The van der Waals surface area contributed by atoms with Crippen molar-refractivity contribution >= 4 is 29.1 Å². The Morgan fingerprint density at radius 2 is 1.66 bits per heavy atom. The number of benzene rings is 2. The van der Waals surface area contributed by atoms with E-state index in [1.165, 1.54) is 4.90 Å². The Bertz CT molecular complexity index is 863. The Kier molecular flexibility index (Phi) is 7.77. The average Bonchev–Trinajstić information content (AvgIpc) is 2.72. The van der Waals surface area contributed by atoms with Gasteiger partial charge in [0, 0.05) is 42.6 Å². The molecule has 1 atom stereocenters. The molecule has 0 saturated carbocycles. The highest BCUT2D eigenvalue weighted by molar-refractivity contribution is 5.97. The van der Waals surface area contributed by atoms with E-state index in [0.717, 1.165) is 6.42 Å². The van der Waals surface area contributed by atoms with Gasteiger partial charge in [0.15, 0.2) is 0 Å². The van der Waals surface area contributed by atoms with Gasteiger partial charge >= 0.3 is 0 Å². The van der Waals surface area contributed by atoms with E-state index in [9.17, 15) is 14.4 Å². The lowest BCUT2D eigenvalue weighted by atomic mass is 10.1. The molecule has 7 heteroatoms. The molecule has 0 aliphatic rings. The number of hydrogen-bond donors (Lipinski definition) is 3. The third-order valence-electron chi connectivity index (χ3n) is 4.39. The van der Waals surface area contributed by atoms with Crippen molar-refractivity contribution in [2.75, 3.05) is 31.3 Å². The fourth-order valence-corrected chi connectivity index (χ4v) is 2.52. The zero-order valence-corrected chi connectivity index (χ0v) is 17.3. The minimum atomic E-state index is -0.230. The molecule has 0 heterocycles. The second kappa shape index (κ2) is 10.3. The number of carbonyl (C=O) groups excluding carboxylic acids is 3. The van der Waals surface area contributed by atoms with E-state index in [1.807, 2.05) is 13.8 Å². The number of hydrogen-bond acceptors (Lipinski definition) is 4. The van der Waals surface area contributed by atoms with Crippen LogP contribution in [0, 0.1) is 0 Å². The molecule has 1 unspecified atom stereocenters. The highest BCUT2D eigenvalue weighted by Crippen LogP contribution is 2.13. The quantitative estimate of drug-likeness (QED) is 0.640. The summed E-state index contributed by atoms with van der Waals surface area (Å²) in [5.41, 5.74) is 2.38. The Morgan fingerprint density at radius 1 is 0.966 bits per heavy atom. The third-order valence-corrected chi connectivity index (χ3v) is 4.39. The molecule has 0 aliphatic carbocycles. The first kappa shape index (κ1) is 21.9. The first-order chi connectivity index (χ1) is 13.8. The fourth-order valence-electron chi connectivity index (χ4n) is 2.52. The van der Waals surface area contributed by atoms with Crippen molar-refractivity contribution in [2.45, 2.75) is 26.3 Å². The summed E-state index contributed by atoms with van der Waals surface area (Å²) < 4.78 is 0. The summed E-state index contributed by atoms with van der Waals surface area (Å²) in [5.74, 6) is -0.465. The Labute approximate surface area is 171 Å². The van der Waals surface area contributed by atoms with E-state index < -0.39 is 0 Å². The maximum Gasteiger partial charge on any atom is 0.253 e. The number of rotatable bonds is 8. The molecule has 0 spiro atoms. The molecular formula is C22H28N4O3. The maximum absolute atomic E-state index is 12.2. The Morgan fingerprint density at radius 3 is 2.28 bits per heavy atom. The fraction of sp³-hybridized carbons (Fsp3) is 0.318. The van der Waals surface area contributed by atoms with Gasteiger partial charge in [-0.05, 0) is 55.8 Å². The van der Waals surface area contributed by atoms with Gasteiger partial charge in [0.25, 0.3) is 11.8 Å². The normalized spacial score (nSPS) is 11.3. The van der Waals surface area contributed by atoms with Crippen molar-refractivity contribution < 1.29 is 14.4 Å². The molecule has 2 rings (SSSR count). The maximum atomic E-state index is 12.2. The summed E-state index contributed by atoms with van der Waals surface area (Å²) in [6.45, 7) is 4.01. The van der Waals surface area contributed by atoms with Gasteiger partial charge in [0.05, 0.1) is 6.54 Å². The van der Waals surface area contributed by atoms with Crippen LogP contribution in [0.1, 0.15) is 41.0 Å². The van der Waals surface area contributed by atoms with Crippen LogP contribution in [0.5, 0.6) is 0 Å². The van der Waals surface area contributed by atoms with Gasteiger partial charge in [0.2, 0.25) is 5.91 Å². The standard InChI is InChI=1S/C22H28N4O3/c1-5-15(2)24-21(28)17-7-6-8-19(13-17)23-14-20(27)25-18-11-9-16(10-12-18)22(29)26(3)4/h6-13,15,23H,5,14H2,1-4H3,(H,24,28)(H,25,27). The first-order valence-corrected chi connectivity index (χ1v) is 9.56. The second-order valence-corrected chi connectivity index (χ2v) is 7.04. The van der Waals surface area contributed by atoms with Crippen molar-refractivity contribution in [3.05, 3.63) is 59.7 Å². The van der Waals surface area contributed by atoms with E-state index in [2.05, 4.69) is 16.0 Å². The summed E-state index contributed by atoms with van der Waals surface area (Å²) in [6, 6.07) is 13.8. The molecule has 154 valence electrons. The molecule has 2 aromatic rings. The lowest BCUT2D eigenvalue weighted by Crippen LogP contribution is -2.31. The zero-order chi connectivity index (χ0) is 21.4. The molecule has 7 nitrogen and oxygen atoms in total. The molecule has 3 N–H and O–H groups in total. The van der Waals surface area contributed by atoms with Gasteiger partial charge in [-0.3, -0.25) is 14.4 Å². The summed E-state index contributed by atoms with van der Waals surface area (Å²) in [7, 11) is 3.37. The number of nitrogens with zero attached hydrogens (tertiary/aromatic N) is 1. The van der Waals surface area contributed by atoms with Gasteiger partial charge in [-0.15, -0.1) is 0 Å². The van der Waals surface area contributed by atoms with Crippen LogP contribution in [-0.4, -0.2) is 49.3 Å². The van der Waals surface area contributed by atoms with Crippen molar-refractivity contribution in [3.8, 4) is 0 Å². The van der Waals surface area contributed by atoms with Gasteiger partial charge in [-0.2, -0.15) is 0 Å². The van der Waals surface area contributed by atoms with Gasteiger partial charge in [0.1, 0.15) is 0 Å². The smallest absolute Gasteiger partial charge is 0.253 e. The van der Waals surface area contributed by atoms with Gasteiger partial charge < -0.3 is 20.9 Å². The summed E-state index contributed by atoms with van der Waals surface area (Å²) in [5, 5.41) is 8.71. The molecule has 0 saturated heterocycles. The average molecular weight is 396 g/mol. The van der Waals surface area contributed by atoms with Crippen LogP contribution in [0.25, 0.3) is 0 Å². The highest BCUT2D eigenvalue weighted by Gasteiger charge is 2.10. The summed E-state index contributed by atoms with van der Waals surface area (Å²) in [6.07, 6.45) is 0.855. The van der Waals surface area contributed by atoms with E-state index in [4.69, 9.17) is 0 Å². The van der Waals surface area contributed by atoms with Crippen LogP contribution in [0.3, 0.4) is 0 Å². The number of nitrogens with one attached hydrogen (secondary N) is 3. The summed E-state index contributed by atoms with van der Waals surface area (Å²) in [4.78, 5) is 37.8. The predicted octanol–water partition coefficient (Wildman–Crippen LogP) is 2.97. The largest absolute Gasteiger partial charge is 0.376 e. The lowest BCUT2D eigenvalue weighted by molar-refractivity contribution is -0.114. The molecule has 0 aromatic heterocycles. The number of anilines is 2. The van der Waals surface area contributed by atoms with Crippen molar-refractivity contribution in [2.24, 2.45) is 0 Å². The topological polar surface area (TPSA) is 90.5 Å². The van der Waals surface area contributed by atoms with Crippen LogP contribution in [0.4, 0.5) is 11.4 Å². The van der Waals surface area contributed by atoms with Crippen molar-refractivity contribution in [3.63, 3.8) is 0 Å². The minimum absolute atomic E-state index is 0.0504. The summed E-state index contributed by atoms with van der Waals surface area (Å²) >= 11 is 0. The van der Waals surface area contributed by atoms with Crippen LogP contribution in [0.2, 0.25) is 0 Å². The highest BCUT2D eigenvalue weighted by atomic mass is 16.2. The van der Waals surface area contributed by atoms with E-state index in [0.29, 0.717) is 22.5 Å². The van der Waals surface area contributed by atoms with Crippen molar-refractivity contribution in [1.29, 1.82) is 0 Å². The Hall–Kier alpha value is -3.35. The molecule has 0 fully saturated rings. The molecule has 0 bridgehead atoms. The minimum Gasteiger partial charge on any atom is -0.376 e. The lowest BCUT2D eigenvalue weighted by Gasteiger charge is -2.13. The monoisotopic (exact) mass is 396 g/mol. The SMILES string of the molecule is CCC(C)NC(=O)c1cccc(NCC(=O)Nc2ccc(C(=O)N(C)C)cc2)c1. The van der Waals surface area contributed by atoms with E-state index in [1.54, 1.807) is 62.6 Å². The molecule has 0 radical (unpaired) electrons. The second-order valence-electron chi connectivity index (χ2n) is 7.04. The van der Waals surface area contributed by atoms with Crippen LogP contribution in [-0.2, 0) is 4.79 Å². The third kappa shape index (κ3) is 6.64. The molecule has 3 amide bonds. The van der Waals surface area contributed by atoms with E-state index in [-0.39, 0.29) is 30.3 Å². The molecule has 0 aliphatic heterocycles. The number of carbonyl (C=O) groups is 3. The molecular weight excluding hydrogens is 368 g/mol. The van der Waals surface area contributed by atoms with Crippen LogP contribution < -0.4 is 16.0 Å². The van der Waals surface area contributed by atoms with Crippen LogP contribution in [0.15, 0.2) is 48.5 Å². The predicted molar refractivity (Wildman–Crippen MR) is 115 cm³/mol. The molecule has 29 heavy (non-hydrogen) atoms. The molecule has 2 aromatic carbocycles.